The van der Waals surface area contributed by atoms with Crippen LogP contribution in [0.15, 0.2) is 24.3 Å². The van der Waals surface area contributed by atoms with Crippen LogP contribution in [0.3, 0.4) is 0 Å². The Morgan fingerprint density at radius 1 is 1.33 bits per heavy atom. The summed E-state index contributed by atoms with van der Waals surface area (Å²) in [6, 6.07) is 4.71. The molecular formula is C9H8ClNO4. The number of amides is 1. The van der Waals surface area contributed by atoms with Crippen molar-refractivity contribution in [2.24, 2.45) is 0 Å². The highest BCUT2D eigenvalue weighted by atomic mass is 35.5. The Morgan fingerprint density at radius 2 is 2.00 bits per heavy atom. The summed E-state index contributed by atoms with van der Waals surface area (Å²) in [4.78, 5) is 21.1. The number of benzene rings is 1. The van der Waals surface area contributed by atoms with Gasteiger partial charge >= 0.3 is 12.1 Å². The molecule has 0 aromatic heterocycles. The van der Waals surface area contributed by atoms with Gasteiger partial charge in [0.2, 0.25) is 0 Å². The van der Waals surface area contributed by atoms with Gasteiger partial charge < -0.3 is 15.5 Å². The van der Waals surface area contributed by atoms with Gasteiger partial charge in [-0.1, -0.05) is 23.7 Å². The SMILES string of the molecule is O=C(O)NC(C(=O)O)c1cccc(Cl)c1. The maximum atomic E-state index is 10.8. The summed E-state index contributed by atoms with van der Waals surface area (Å²) in [7, 11) is 0. The first kappa shape index (κ1) is 11.3. The van der Waals surface area contributed by atoms with E-state index < -0.39 is 18.1 Å². The quantitative estimate of drug-likeness (QED) is 0.737. The molecule has 0 fully saturated rings. The van der Waals surface area contributed by atoms with Crippen molar-refractivity contribution in [3.63, 3.8) is 0 Å². The van der Waals surface area contributed by atoms with Gasteiger partial charge in [0, 0.05) is 5.02 Å². The van der Waals surface area contributed by atoms with Crippen molar-refractivity contribution in [2.45, 2.75) is 6.04 Å². The van der Waals surface area contributed by atoms with Gasteiger partial charge in [-0.15, -0.1) is 0 Å². The molecule has 1 unspecified atom stereocenters. The molecular weight excluding hydrogens is 222 g/mol. The lowest BCUT2D eigenvalue weighted by atomic mass is 10.1. The topological polar surface area (TPSA) is 86.6 Å². The third-order valence-corrected chi connectivity index (χ3v) is 1.93. The number of carbonyl (C=O) groups is 2. The van der Waals surface area contributed by atoms with Gasteiger partial charge in [-0.25, -0.2) is 9.59 Å². The Morgan fingerprint density at radius 3 is 2.47 bits per heavy atom. The molecule has 0 saturated carbocycles. The molecule has 5 nitrogen and oxygen atoms in total. The maximum Gasteiger partial charge on any atom is 0.405 e. The van der Waals surface area contributed by atoms with Gasteiger partial charge in [-0.3, -0.25) is 0 Å². The van der Waals surface area contributed by atoms with E-state index in [-0.39, 0.29) is 5.56 Å². The van der Waals surface area contributed by atoms with Gasteiger partial charge in [-0.05, 0) is 17.7 Å². The summed E-state index contributed by atoms with van der Waals surface area (Å²) in [5, 5.41) is 19.5. The lowest BCUT2D eigenvalue weighted by Crippen LogP contribution is -2.32. The number of halogens is 1. The van der Waals surface area contributed by atoms with Crippen molar-refractivity contribution in [1.29, 1.82) is 0 Å². The third kappa shape index (κ3) is 3.14. The number of hydrogen-bond donors (Lipinski definition) is 3. The van der Waals surface area contributed by atoms with Gasteiger partial charge in [-0.2, -0.15) is 0 Å². The first-order chi connectivity index (χ1) is 7.00. The van der Waals surface area contributed by atoms with Crippen molar-refractivity contribution in [3.05, 3.63) is 34.9 Å². The molecule has 1 aromatic rings. The summed E-state index contributed by atoms with van der Waals surface area (Å²) in [6.45, 7) is 0. The molecule has 1 atom stereocenters. The Kier molecular flexibility index (Phi) is 3.51. The number of aliphatic carboxylic acids is 1. The Balaban J connectivity index is 2.98. The standard InChI is InChI=1S/C9H8ClNO4/c10-6-3-1-2-5(4-6)7(8(12)13)11-9(14)15/h1-4,7,11H,(H,12,13)(H,14,15). The van der Waals surface area contributed by atoms with E-state index in [2.05, 4.69) is 0 Å². The molecule has 0 spiro atoms. The number of hydrogen-bond acceptors (Lipinski definition) is 2. The highest BCUT2D eigenvalue weighted by molar-refractivity contribution is 6.30. The molecule has 1 aromatic carbocycles. The first-order valence-electron chi connectivity index (χ1n) is 3.98. The molecule has 0 bridgehead atoms. The first-order valence-corrected chi connectivity index (χ1v) is 4.36. The molecule has 0 heterocycles. The largest absolute Gasteiger partial charge is 0.479 e. The van der Waals surface area contributed by atoms with Crippen LogP contribution in [0.5, 0.6) is 0 Å². The van der Waals surface area contributed by atoms with E-state index in [4.69, 9.17) is 21.8 Å². The van der Waals surface area contributed by atoms with Gasteiger partial charge in [0.1, 0.15) is 0 Å². The Labute approximate surface area is 90.3 Å². The molecule has 0 radical (unpaired) electrons. The summed E-state index contributed by atoms with van der Waals surface area (Å²) in [5.74, 6) is -1.28. The van der Waals surface area contributed by atoms with Crippen molar-refractivity contribution < 1.29 is 19.8 Å². The Hall–Kier alpha value is -1.75. The molecule has 0 aliphatic heterocycles. The van der Waals surface area contributed by atoms with Crippen LogP contribution >= 0.6 is 11.6 Å². The average molecular weight is 230 g/mol. The fourth-order valence-electron chi connectivity index (χ4n) is 1.10. The van der Waals surface area contributed by atoms with Crippen LogP contribution in [0.25, 0.3) is 0 Å². The monoisotopic (exact) mass is 229 g/mol. The molecule has 0 aliphatic rings. The molecule has 1 rings (SSSR count). The van der Waals surface area contributed by atoms with Crippen LogP contribution in [0.1, 0.15) is 11.6 Å². The second-order valence-electron chi connectivity index (χ2n) is 2.78. The van der Waals surface area contributed by atoms with E-state index in [9.17, 15) is 9.59 Å². The molecule has 1 amide bonds. The molecule has 80 valence electrons. The predicted octanol–water partition coefficient (Wildman–Crippen LogP) is 1.73. The average Bonchev–Trinajstić information content (AvgIpc) is 2.13. The summed E-state index contributed by atoms with van der Waals surface area (Å²) in [6.07, 6.45) is -1.40. The van der Waals surface area contributed by atoms with E-state index >= 15 is 0 Å². The van der Waals surface area contributed by atoms with Crippen LogP contribution in [-0.4, -0.2) is 22.3 Å². The molecule has 15 heavy (non-hydrogen) atoms. The Bertz CT molecular complexity index is 393. The number of nitrogens with one attached hydrogen (secondary N) is 1. The highest BCUT2D eigenvalue weighted by Gasteiger charge is 2.21. The van der Waals surface area contributed by atoms with Crippen LogP contribution in [-0.2, 0) is 4.79 Å². The molecule has 0 aliphatic carbocycles. The minimum absolute atomic E-state index is 0.289. The van der Waals surface area contributed by atoms with Crippen molar-refractivity contribution in [3.8, 4) is 0 Å². The fourth-order valence-corrected chi connectivity index (χ4v) is 1.30. The van der Waals surface area contributed by atoms with Crippen molar-refractivity contribution in [2.75, 3.05) is 0 Å². The van der Waals surface area contributed by atoms with E-state index in [1.165, 1.54) is 12.1 Å². The van der Waals surface area contributed by atoms with Gasteiger partial charge in [0.15, 0.2) is 6.04 Å². The second-order valence-corrected chi connectivity index (χ2v) is 3.21. The molecule has 3 N–H and O–H groups in total. The van der Waals surface area contributed by atoms with Gasteiger partial charge in [0.25, 0.3) is 0 Å². The van der Waals surface area contributed by atoms with Gasteiger partial charge in [0.05, 0.1) is 0 Å². The number of carboxylic acids is 1. The fraction of sp³-hybridized carbons (Fsp3) is 0.111. The van der Waals surface area contributed by atoms with E-state index in [1.54, 1.807) is 12.1 Å². The maximum absolute atomic E-state index is 10.8. The summed E-state index contributed by atoms with van der Waals surface area (Å²) >= 11 is 5.66. The second kappa shape index (κ2) is 4.65. The van der Waals surface area contributed by atoms with E-state index in [1.807, 2.05) is 5.32 Å². The minimum Gasteiger partial charge on any atom is -0.479 e. The van der Waals surface area contributed by atoms with Crippen LogP contribution < -0.4 is 5.32 Å². The normalized spacial score (nSPS) is 11.8. The minimum atomic E-state index is -1.40. The molecule has 6 heteroatoms. The smallest absolute Gasteiger partial charge is 0.405 e. The van der Waals surface area contributed by atoms with Crippen molar-refractivity contribution >= 4 is 23.7 Å². The molecule has 0 saturated heterocycles. The zero-order valence-corrected chi connectivity index (χ0v) is 8.23. The van der Waals surface area contributed by atoms with Crippen LogP contribution in [0, 0.1) is 0 Å². The van der Waals surface area contributed by atoms with Crippen molar-refractivity contribution in [1.82, 2.24) is 5.32 Å². The zero-order chi connectivity index (χ0) is 11.4. The zero-order valence-electron chi connectivity index (χ0n) is 7.48. The van der Waals surface area contributed by atoms with Crippen LogP contribution in [0.2, 0.25) is 5.02 Å². The summed E-state index contributed by atoms with van der Waals surface area (Å²) in [5.41, 5.74) is 0.289. The lowest BCUT2D eigenvalue weighted by Gasteiger charge is -2.12. The van der Waals surface area contributed by atoms with Crippen LogP contribution in [0.4, 0.5) is 4.79 Å². The highest BCUT2D eigenvalue weighted by Crippen LogP contribution is 2.17. The predicted molar refractivity (Wildman–Crippen MR) is 53.0 cm³/mol. The summed E-state index contributed by atoms with van der Waals surface area (Å²) < 4.78 is 0. The number of carboxylic acid groups (broad SMARTS) is 2. The van der Waals surface area contributed by atoms with E-state index in [0.717, 1.165) is 0 Å². The van der Waals surface area contributed by atoms with E-state index in [0.29, 0.717) is 5.02 Å². The third-order valence-electron chi connectivity index (χ3n) is 1.70. The number of rotatable bonds is 3. The lowest BCUT2D eigenvalue weighted by molar-refractivity contribution is -0.139.